The quantitative estimate of drug-likeness (QED) is 0.642. The number of nitrogens with one attached hydrogen (secondary N) is 2. The molecule has 0 radical (unpaired) electrons. The van der Waals surface area contributed by atoms with E-state index in [-0.39, 0.29) is 11.8 Å². The van der Waals surface area contributed by atoms with Crippen molar-refractivity contribution in [2.45, 2.75) is 6.54 Å². The molecule has 2 N–H and O–H groups in total. The molecule has 148 valence electrons. The molecule has 0 aliphatic rings. The summed E-state index contributed by atoms with van der Waals surface area (Å²) in [5.74, 6) is 0.311. The van der Waals surface area contributed by atoms with Gasteiger partial charge in [0.15, 0.2) is 0 Å². The van der Waals surface area contributed by atoms with Gasteiger partial charge in [0.1, 0.15) is 11.5 Å². The highest BCUT2D eigenvalue weighted by Gasteiger charge is 2.17. The summed E-state index contributed by atoms with van der Waals surface area (Å²) in [5.41, 5.74) is 2.13. The smallest absolute Gasteiger partial charge is 0.259 e. The summed E-state index contributed by atoms with van der Waals surface area (Å²) in [6.45, 7) is 0.397. The minimum atomic E-state index is -0.382. The third-order valence-electron chi connectivity index (χ3n) is 4.37. The SMILES string of the molecule is COc1ccc(C(=O)Nc2ccccc2C(=O)NCc2ccccc2)c(OC)c1. The number of carbonyl (C=O) groups is 2. The normalized spacial score (nSPS) is 10.1. The summed E-state index contributed by atoms with van der Waals surface area (Å²) in [5, 5.41) is 5.67. The lowest BCUT2D eigenvalue weighted by Crippen LogP contribution is -2.25. The molecule has 3 aromatic carbocycles. The van der Waals surface area contributed by atoms with E-state index < -0.39 is 0 Å². The van der Waals surface area contributed by atoms with Crippen LogP contribution in [0.5, 0.6) is 11.5 Å². The molecular formula is C23H22N2O4. The van der Waals surface area contributed by atoms with E-state index in [1.54, 1.807) is 49.6 Å². The van der Waals surface area contributed by atoms with Crippen LogP contribution < -0.4 is 20.1 Å². The molecule has 0 unspecified atom stereocenters. The van der Waals surface area contributed by atoms with Crippen molar-refractivity contribution in [1.29, 1.82) is 0 Å². The molecule has 6 heteroatoms. The van der Waals surface area contributed by atoms with Gasteiger partial charge in [-0.3, -0.25) is 9.59 Å². The molecule has 0 saturated heterocycles. The summed E-state index contributed by atoms with van der Waals surface area (Å²) >= 11 is 0. The maximum atomic E-state index is 12.8. The van der Waals surface area contributed by atoms with Crippen molar-refractivity contribution >= 4 is 17.5 Å². The first kappa shape index (κ1) is 19.9. The van der Waals surface area contributed by atoms with Gasteiger partial charge in [0.05, 0.1) is 31.0 Å². The van der Waals surface area contributed by atoms with Crippen LogP contribution in [0.4, 0.5) is 5.69 Å². The molecule has 0 aliphatic carbocycles. The highest BCUT2D eigenvalue weighted by Crippen LogP contribution is 2.26. The summed E-state index contributed by atoms with van der Waals surface area (Å²) in [7, 11) is 3.02. The summed E-state index contributed by atoms with van der Waals surface area (Å²) in [4.78, 5) is 25.4. The molecule has 0 aliphatic heterocycles. The number of amides is 2. The Labute approximate surface area is 169 Å². The number of methoxy groups -OCH3 is 2. The van der Waals surface area contributed by atoms with E-state index >= 15 is 0 Å². The van der Waals surface area contributed by atoms with E-state index in [1.807, 2.05) is 30.3 Å². The van der Waals surface area contributed by atoms with Crippen molar-refractivity contribution in [3.05, 3.63) is 89.5 Å². The topological polar surface area (TPSA) is 76.7 Å². The largest absolute Gasteiger partial charge is 0.497 e. The van der Waals surface area contributed by atoms with E-state index in [9.17, 15) is 9.59 Å². The fraction of sp³-hybridized carbons (Fsp3) is 0.130. The highest BCUT2D eigenvalue weighted by atomic mass is 16.5. The number of para-hydroxylation sites is 1. The van der Waals surface area contributed by atoms with E-state index in [0.29, 0.717) is 34.9 Å². The first-order valence-electron chi connectivity index (χ1n) is 9.07. The molecule has 29 heavy (non-hydrogen) atoms. The third-order valence-corrected chi connectivity index (χ3v) is 4.37. The predicted octanol–water partition coefficient (Wildman–Crippen LogP) is 3.89. The van der Waals surface area contributed by atoms with Crippen LogP contribution in [-0.4, -0.2) is 26.0 Å². The molecule has 0 spiro atoms. The van der Waals surface area contributed by atoms with Crippen molar-refractivity contribution in [1.82, 2.24) is 5.32 Å². The summed E-state index contributed by atoms with van der Waals surface area (Å²) < 4.78 is 10.5. The molecule has 0 bridgehead atoms. The van der Waals surface area contributed by atoms with Crippen LogP contribution in [-0.2, 0) is 6.54 Å². The van der Waals surface area contributed by atoms with Crippen LogP contribution in [0, 0.1) is 0 Å². The zero-order valence-electron chi connectivity index (χ0n) is 16.3. The van der Waals surface area contributed by atoms with E-state index in [1.165, 1.54) is 7.11 Å². The minimum Gasteiger partial charge on any atom is -0.497 e. The van der Waals surface area contributed by atoms with Crippen LogP contribution >= 0.6 is 0 Å². The van der Waals surface area contributed by atoms with Gasteiger partial charge in [-0.1, -0.05) is 42.5 Å². The van der Waals surface area contributed by atoms with Crippen molar-refractivity contribution in [2.75, 3.05) is 19.5 Å². The van der Waals surface area contributed by atoms with Crippen LogP contribution in [0.1, 0.15) is 26.3 Å². The van der Waals surface area contributed by atoms with Crippen LogP contribution in [0.3, 0.4) is 0 Å². The molecule has 0 heterocycles. The molecule has 0 fully saturated rings. The summed E-state index contributed by atoms with van der Waals surface area (Å²) in [6, 6.07) is 21.4. The zero-order chi connectivity index (χ0) is 20.6. The number of hydrogen-bond donors (Lipinski definition) is 2. The number of hydrogen-bond acceptors (Lipinski definition) is 4. The van der Waals surface area contributed by atoms with Gasteiger partial charge in [-0.25, -0.2) is 0 Å². The summed E-state index contributed by atoms with van der Waals surface area (Å²) in [6.07, 6.45) is 0. The highest BCUT2D eigenvalue weighted by molar-refractivity contribution is 6.10. The molecule has 3 rings (SSSR count). The molecule has 2 amide bonds. The Morgan fingerprint density at radius 3 is 2.24 bits per heavy atom. The minimum absolute atomic E-state index is 0.272. The Bertz CT molecular complexity index is 1000. The number of rotatable bonds is 7. The molecule has 0 saturated carbocycles. The lowest BCUT2D eigenvalue weighted by Gasteiger charge is -2.13. The standard InChI is InChI=1S/C23H22N2O4/c1-28-17-12-13-19(21(14-17)29-2)23(27)25-20-11-7-6-10-18(20)22(26)24-15-16-8-4-3-5-9-16/h3-14H,15H2,1-2H3,(H,24,26)(H,25,27). The van der Waals surface area contributed by atoms with Crippen molar-refractivity contribution in [3.63, 3.8) is 0 Å². The van der Waals surface area contributed by atoms with Gasteiger partial charge in [-0.2, -0.15) is 0 Å². The van der Waals surface area contributed by atoms with Gasteiger partial charge in [0.2, 0.25) is 0 Å². The van der Waals surface area contributed by atoms with Crippen LogP contribution in [0.2, 0.25) is 0 Å². The second kappa shape index (κ2) is 9.41. The fourth-order valence-corrected chi connectivity index (χ4v) is 2.84. The number of ether oxygens (including phenoxy) is 2. The van der Waals surface area contributed by atoms with E-state index in [0.717, 1.165) is 5.56 Å². The first-order chi connectivity index (χ1) is 14.1. The molecule has 0 aromatic heterocycles. The molecule has 0 atom stereocenters. The van der Waals surface area contributed by atoms with Gasteiger partial charge in [-0.05, 0) is 29.8 Å². The fourth-order valence-electron chi connectivity index (χ4n) is 2.84. The van der Waals surface area contributed by atoms with Crippen LogP contribution in [0.25, 0.3) is 0 Å². The Hall–Kier alpha value is -3.80. The van der Waals surface area contributed by atoms with Crippen molar-refractivity contribution < 1.29 is 19.1 Å². The second-order valence-corrected chi connectivity index (χ2v) is 6.23. The maximum absolute atomic E-state index is 12.8. The van der Waals surface area contributed by atoms with Crippen molar-refractivity contribution in [3.8, 4) is 11.5 Å². The van der Waals surface area contributed by atoms with Gasteiger partial charge < -0.3 is 20.1 Å². The van der Waals surface area contributed by atoms with E-state index in [2.05, 4.69) is 10.6 Å². The second-order valence-electron chi connectivity index (χ2n) is 6.23. The predicted molar refractivity (Wildman–Crippen MR) is 112 cm³/mol. The lowest BCUT2D eigenvalue weighted by atomic mass is 10.1. The average molecular weight is 390 g/mol. The van der Waals surface area contributed by atoms with E-state index in [4.69, 9.17) is 9.47 Å². The maximum Gasteiger partial charge on any atom is 0.259 e. The third kappa shape index (κ3) is 4.93. The first-order valence-corrected chi connectivity index (χ1v) is 9.07. The Morgan fingerprint density at radius 2 is 1.52 bits per heavy atom. The monoisotopic (exact) mass is 390 g/mol. The van der Waals surface area contributed by atoms with Gasteiger partial charge >= 0.3 is 0 Å². The number of benzene rings is 3. The molecular weight excluding hydrogens is 368 g/mol. The van der Waals surface area contributed by atoms with Gasteiger partial charge in [-0.15, -0.1) is 0 Å². The average Bonchev–Trinajstić information content (AvgIpc) is 2.78. The van der Waals surface area contributed by atoms with Crippen LogP contribution in [0.15, 0.2) is 72.8 Å². The lowest BCUT2D eigenvalue weighted by molar-refractivity contribution is 0.0952. The zero-order valence-corrected chi connectivity index (χ0v) is 16.3. The molecule has 3 aromatic rings. The Kier molecular flexibility index (Phi) is 6.47. The van der Waals surface area contributed by atoms with Gasteiger partial charge in [0, 0.05) is 12.6 Å². The Balaban J connectivity index is 1.76. The van der Waals surface area contributed by atoms with Gasteiger partial charge in [0.25, 0.3) is 11.8 Å². The van der Waals surface area contributed by atoms with Crippen molar-refractivity contribution in [2.24, 2.45) is 0 Å². The Morgan fingerprint density at radius 1 is 0.793 bits per heavy atom. The number of carbonyl (C=O) groups excluding carboxylic acids is 2. The molecule has 6 nitrogen and oxygen atoms in total. The number of anilines is 1.